The predicted molar refractivity (Wildman–Crippen MR) is 103 cm³/mol. The second-order valence-electron chi connectivity index (χ2n) is 5.52. The molecule has 144 valence electrons. The molecule has 0 radical (unpaired) electrons. The van der Waals surface area contributed by atoms with Crippen molar-refractivity contribution in [2.45, 2.75) is 37.1 Å². The minimum Gasteiger partial charge on any atom is -0.468 e. The molecule has 1 atom stereocenters. The third-order valence-corrected chi connectivity index (χ3v) is 4.82. The van der Waals surface area contributed by atoms with Crippen LogP contribution in [0.4, 0.5) is 0 Å². The molecule has 0 saturated carbocycles. The first kappa shape index (κ1) is 22.5. The van der Waals surface area contributed by atoms with E-state index >= 15 is 0 Å². The molecular formula is C20H23NO5S. The molecule has 2 N–H and O–H groups in total. The van der Waals surface area contributed by atoms with E-state index in [1.54, 1.807) is 18.2 Å². The van der Waals surface area contributed by atoms with Gasteiger partial charge in [0.1, 0.15) is 6.04 Å². The summed E-state index contributed by atoms with van der Waals surface area (Å²) in [7, 11) is -2.69. The molecule has 0 aliphatic carbocycles. The van der Waals surface area contributed by atoms with E-state index in [1.165, 1.54) is 25.3 Å². The molecule has 27 heavy (non-hydrogen) atoms. The van der Waals surface area contributed by atoms with Crippen LogP contribution in [-0.4, -0.2) is 39.3 Å². The first-order valence-electron chi connectivity index (χ1n) is 8.30. The highest BCUT2D eigenvalue weighted by atomic mass is 32.2. The fourth-order valence-corrected chi connectivity index (χ4v) is 3.07. The van der Waals surface area contributed by atoms with E-state index < -0.39 is 22.0 Å². The number of sulfonamides is 1. The van der Waals surface area contributed by atoms with Gasteiger partial charge in [-0.3, -0.25) is 4.79 Å². The first-order chi connectivity index (χ1) is 12.9. The van der Waals surface area contributed by atoms with Gasteiger partial charge in [0.15, 0.2) is 0 Å². The Labute approximate surface area is 160 Å². The van der Waals surface area contributed by atoms with Crippen LogP contribution in [0, 0.1) is 30.6 Å². The lowest BCUT2D eigenvalue weighted by Crippen LogP contribution is -2.41. The maximum Gasteiger partial charge on any atom is 0.324 e. The molecule has 1 rings (SSSR count). The number of hydrogen-bond donors (Lipinski definition) is 2. The standard InChI is InChI=1S/C20H23NO5S/c1-17-12-14-18(15-13-17)27(24,25)21-19(20(23)26-2)11-9-7-5-3-4-6-8-10-16-22/h3,5,12-15,19,21-22H,8,10-11,16H2,1-2H3/b5-3-. The van der Waals surface area contributed by atoms with Crippen LogP contribution in [0.3, 0.4) is 0 Å². The van der Waals surface area contributed by atoms with Gasteiger partial charge in [-0.05, 0) is 37.6 Å². The van der Waals surface area contributed by atoms with Gasteiger partial charge in [0.05, 0.1) is 12.0 Å². The summed E-state index contributed by atoms with van der Waals surface area (Å²) in [6, 6.07) is 5.17. The molecule has 0 saturated heterocycles. The van der Waals surface area contributed by atoms with Crippen molar-refractivity contribution in [1.29, 1.82) is 0 Å². The van der Waals surface area contributed by atoms with E-state index in [1.807, 2.05) is 6.92 Å². The Balaban J connectivity index is 2.75. The Bertz CT molecular complexity index is 865. The predicted octanol–water partition coefficient (Wildman–Crippen LogP) is 1.54. The lowest BCUT2D eigenvalue weighted by Gasteiger charge is -2.14. The number of benzene rings is 1. The van der Waals surface area contributed by atoms with Gasteiger partial charge >= 0.3 is 5.97 Å². The Kier molecular flexibility index (Phi) is 9.92. The maximum absolute atomic E-state index is 12.4. The van der Waals surface area contributed by atoms with E-state index in [0.29, 0.717) is 12.8 Å². The van der Waals surface area contributed by atoms with E-state index in [0.717, 1.165) is 5.56 Å². The summed E-state index contributed by atoms with van der Waals surface area (Å²) in [5, 5.41) is 8.63. The number of hydrogen-bond acceptors (Lipinski definition) is 5. The van der Waals surface area contributed by atoms with Crippen LogP contribution in [0.5, 0.6) is 0 Å². The number of esters is 1. The molecule has 0 aromatic heterocycles. The van der Waals surface area contributed by atoms with Crippen molar-refractivity contribution in [2.24, 2.45) is 0 Å². The van der Waals surface area contributed by atoms with E-state index in [-0.39, 0.29) is 17.9 Å². The van der Waals surface area contributed by atoms with Gasteiger partial charge in [0.25, 0.3) is 0 Å². The molecule has 1 aromatic carbocycles. The molecule has 0 fully saturated rings. The Hall–Kier alpha value is -2.58. The van der Waals surface area contributed by atoms with Crippen LogP contribution in [-0.2, 0) is 19.6 Å². The first-order valence-corrected chi connectivity index (χ1v) is 9.78. The number of nitrogens with one attached hydrogen (secondary N) is 1. The zero-order valence-electron chi connectivity index (χ0n) is 15.4. The molecule has 0 bridgehead atoms. The van der Waals surface area contributed by atoms with Gasteiger partial charge in [-0.25, -0.2) is 8.42 Å². The number of aryl methyl sites for hydroxylation is 1. The van der Waals surface area contributed by atoms with Gasteiger partial charge in [0, 0.05) is 19.4 Å². The van der Waals surface area contributed by atoms with Crippen LogP contribution in [0.1, 0.15) is 24.8 Å². The SMILES string of the molecule is COC(=O)C(CC#C/C=C\C#CCCCO)NS(=O)(=O)c1ccc(C)cc1. The van der Waals surface area contributed by atoms with Crippen LogP contribution < -0.4 is 4.72 Å². The van der Waals surface area contributed by atoms with E-state index in [9.17, 15) is 13.2 Å². The number of carbonyl (C=O) groups excluding carboxylic acids is 1. The summed E-state index contributed by atoms with van der Waals surface area (Å²) < 4.78 is 31.8. The highest BCUT2D eigenvalue weighted by Gasteiger charge is 2.25. The molecule has 7 heteroatoms. The molecule has 1 aromatic rings. The van der Waals surface area contributed by atoms with Gasteiger partial charge in [0.2, 0.25) is 10.0 Å². The second-order valence-corrected chi connectivity index (χ2v) is 7.23. The average molecular weight is 389 g/mol. The molecule has 6 nitrogen and oxygen atoms in total. The zero-order valence-corrected chi connectivity index (χ0v) is 16.2. The summed E-state index contributed by atoms with van der Waals surface area (Å²) in [6.45, 7) is 1.95. The Morgan fingerprint density at radius 1 is 1.22 bits per heavy atom. The van der Waals surface area contributed by atoms with Crippen molar-refractivity contribution in [3.8, 4) is 23.7 Å². The number of carbonyl (C=O) groups is 1. The molecule has 0 aliphatic heterocycles. The number of aliphatic hydroxyl groups excluding tert-OH is 1. The Morgan fingerprint density at radius 3 is 2.44 bits per heavy atom. The summed E-state index contributed by atoms with van der Waals surface area (Å²) in [4.78, 5) is 11.9. The number of unbranched alkanes of at least 4 members (excludes halogenated alkanes) is 1. The quantitative estimate of drug-likeness (QED) is 0.419. The fraction of sp³-hybridized carbons (Fsp3) is 0.350. The highest BCUT2D eigenvalue weighted by molar-refractivity contribution is 7.89. The number of aliphatic hydroxyl groups is 1. The minimum atomic E-state index is -3.87. The number of ether oxygens (including phenoxy) is 1. The van der Waals surface area contributed by atoms with Gasteiger partial charge in [-0.15, -0.1) is 0 Å². The van der Waals surface area contributed by atoms with Crippen LogP contribution >= 0.6 is 0 Å². The lowest BCUT2D eigenvalue weighted by atomic mass is 10.2. The molecule has 0 aliphatic rings. The summed E-state index contributed by atoms with van der Waals surface area (Å²) in [6.07, 6.45) is 4.23. The molecule has 0 amide bonds. The van der Waals surface area contributed by atoms with Crippen LogP contribution in [0.2, 0.25) is 0 Å². The maximum atomic E-state index is 12.4. The average Bonchev–Trinajstić information content (AvgIpc) is 2.65. The van der Waals surface area contributed by atoms with Crippen molar-refractivity contribution in [2.75, 3.05) is 13.7 Å². The third kappa shape index (κ3) is 8.57. The van der Waals surface area contributed by atoms with Gasteiger partial charge in [-0.2, -0.15) is 4.72 Å². The second kappa shape index (κ2) is 11.9. The van der Waals surface area contributed by atoms with Crippen molar-refractivity contribution in [3.05, 3.63) is 42.0 Å². The van der Waals surface area contributed by atoms with E-state index in [2.05, 4.69) is 33.1 Å². The number of rotatable bonds is 7. The zero-order chi connectivity index (χ0) is 20.1. The Morgan fingerprint density at radius 2 is 1.85 bits per heavy atom. The van der Waals surface area contributed by atoms with Crippen molar-refractivity contribution >= 4 is 16.0 Å². The largest absolute Gasteiger partial charge is 0.468 e. The molecule has 0 heterocycles. The minimum absolute atomic E-state index is 0.0416. The van der Waals surface area contributed by atoms with Crippen molar-refractivity contribution in [3.63, 3.8) is 0 Å². The smallest absolute Gasteiger partial charge is 0.324 e. The highest BCUT2D eigenvalue weighted by Crippen LogP contribution is 2.11. The van der Waals surface area contributed by atoms with Gasteiger partial charge < -0.3 is 9.84 Å². The number of methoxy groups -OCH3 is 1. The monoisotopic (exact) mass is 389 g/mol. The normalized spacial score (nSPS) is 11.8. The summed E-state index contributed by atoms with van der Waals surface area (Å²) >= 11 is 0. The van der Waals surface area contributed by atoms with Crippen LogP contribution in [0.15, 0.2) is 41.3 Å². The molecule has 1 unspecified atom stereocenters. The topological polar surface area (TPSA) is 92.7 Å². The van der Waals surface area contributed by atoms with E-state index in [4.69, 9.17) is 5.11 Å². The fourth-order valence-electron chi connectivity index (χ4n) is 1.89. The molecular weight excluding hydrogens is 366 g/mol. The van der Waals surface area contributed by atoms with Gasteiger partial charge in [-0.1, -0.05) is 41.4 Å². The van der Waals surface area contributed by atoms with Crippen molar-refractivity contribution in [1.82, 2.24) is 4.72 Å². The number of allylic oxidation sites excluding steroid dienone is 2. The van der Waals surface area contributed by atoms with Crippen molar-refractivity contribution < 1.29 is 23.1 Å². The molecule has 0 spiro atoms. The van der Waals surface area contributed by atoms with Crippen LogP contribution in [0.25, 0.3) is 0 Å². The lowest BCUT2D eigenvalue weighted by molar-refractivity contribution is -0.142. The third-order valence-electron chi connectivity index (χ3n) is 3.33. The summed E-state index contributed by atoms with van der Waals surface area (Å²) in [5.74, 6) is 10.3. The summed E-state index contributed by atoms with van der Waals surface area (Å²) in [5.41, 5.74) is 0.926.